The predicted molar refractivity (Wildman–Crippen MR) is 234 cm³/mol. The lowest BCUT2D eigenvalue weighted by molar-refractivity contribution is 1.01. The second kappa shape index (κ2) is 12.3. The maximum atomic E-state index is 5.46. The van der Waals surface area contributed by atoms with Gasteiger partial charge in [0.1, 0.15) is 22.9 Å². The van der Waals surface area contributed by atoms with Crippen LogP contribution in [0.2, 0.25) is 0 Å². The average Bonchev–Trinajstić information content (AvgIpc) is 3.93. The SMILES string of the molecule is c1ccc(-c2cc(-c3ccccc3)cc(-n3c4ccc5c6cccnc6n(-c6cccc(-n7c8ccccc8c8ccccc87)n6)c5c4c4cccnc43)c2)cc1. The van der Waals surface area contributed by atoms with E-state index < -0.39 is 0 Å². The number of nitrogens with zero attached hydrogens (tertiary/aromatic N) is 6. The van der Waals surface area contributed by atoms with Gasteiger partial charge in [-0.25, -0.2) is 15.0 Å². The number of aromatic nitrogens is 6. The van der Waals surface area contributed by atoms with Crippen LogP contribution < -0.4 is 0 Å². The highest BCUT2D eigenvalue weighted by Gasteiger charge is 2.23. The summed E-state index contributed by atoms with van der Waals surface area (Å²) in [7, 11) is 0. The number of benzene rings is 6. The molecule has 0 bridgehead atoms. The Morgan fingerprint density at radius 2 is 0.877 bits per heavy atom. The minimum Gasteiger partial charge on any atom is -0.294 e. The van der Waals surface area contributed by atoms with Crippen molar-refractivity contribution >= 4 is 65.7 Å². The van der Waals surface area contributed by atoms with Crippen molar-refractivity contribution in [1.82, 2.24) is 28.7 Å². The van der Waals surface area contributed by atoms with Crippen molar-refractivity contribution < 1.29 is 0 Å². The van der Waals surface area contributed by atoms with E-state index in [1.54, 1.807) is 0 Å². The maximum Gasteiger partial charge on any atom is 0.146 e. The maximum absolute atomic E-state index is 5.46. The van der Waals surface area contributed by atoms with Crippen molar-refractivity contribution in [2.75, 3.05) is 0 Å². The molecule has 0 N–H and O–H groups in total. The van der Waals surface area contributed by atoms with Crippen LogP contribution >= 0.6 is 0 Å². The van der Waals surface area contributed by atoms with Crippen LogP contribution in [0, 0.1) is 0 Å². The Morgan fingerprint density at radius 1 is 0.333 bits per heavy atom. The summed E-state index contributed by atoms with van der Waals surface area (Å²) in [4.78, 5) is 15.6. The van der Waals surface area contributed by atoms with Gasteiger partial charge in [-0.2, -0.15) is 0 Å². The molecule has 0 fully saturated rings. The van der Waals surface area contributed by atoms with Gasteiger partial charge in [0.2, 0.25) is 0 Å². The van der Waals surface area contributed by atoms with Crippen LogP contribution in [0.5, 0.6) is 0 Å². The van der Waals surface area contributed by atoms with Gasteiger partial charge in [0, 0.05) is 50.4 Å². The molecule has 12 aromatic rings. The van der Waals surface area contributed by atoms with E-state index in [9.17, 15) is 0 Å². The Morgan fingerprint density at radius 3 is 1.53 bits per heavy atom. The third-order valence-electron chi connectivity index (χ3n) is 11.3. The molecule has 57 heavy (non-hydrogen) atoms. The highest BCUT2D eigenvalue weighted by Crippen LogP contribution is 2.42. The Bertz CT molecular complexity index is 3410. The highest BCUT2D eigenvalue weighted by atomic mass is 15.2. The van der Waals surface area contributed by atoms with Crippen LogP contribution in [-0.2, 0) is 0 Å². The van der Waals surface area contributed by atoms with E-state index in [1.807, 2.05) is 24.5 Å². The molecule has 0 saturated heterocycles. The summed E-state index contributed by atoms with van der Waals surface area (Å²) in [6.07, 6.45) is 3.76. The van der Waals surface area contributed by atoms with Gasteiger partial charge < -0.3 is 0 Å². The van der Waals surface area contributed by atoms with Crippen molar-refractivity contribution in [3.05, 3.63) is 194 Å². The molecule has 6 aromatic carbocycles. The Kier molecular flexibility index (Phi) is 6.83. The molecule has 12 rings (SSSR count). The van der Waals surface area contributed by atoms with E-state index in [-0.39, 0.29) is 0 Å². The van der Waals surface area contributed by atoms with Crippen LogP contribution in [0.1, 0.15) is 0 Å². The number of para-hydroxylation sites is 2. The van der Waals surface area contributed by atoms with Crippen molar-refractivity contribution in [1.29, 1.82) is 0 Å². The summed E-state index contributed by atoms with van der Waals surface area (Å²) in [5, 5.41) is 6.75. The number of hydrogen-bond acceptors (Lipinski definition) is 3. The largest absolute Gasteiger partial charge is 0.294 e. The van der Waals surface area contributed by atoms with E-state index in [0.717, 1.165) is 94.5 Å². The Labute approximate surface area is 327 Å². The minimum atomic E-state index is 0.794. The highest BCUT2D eigenvalue weighted by molar-refractivity contribution is 6.25. The fourth-order valence-corrected chi connectivity index (χ4v) is 8.91. The standard InChI is InChI=1S/C51H32N6/c1-3-14-33(15-4-1)35-30-36(34-16-5-2-6-17-34)32-37(31-35)55-45-27-26-40-41-20-12-28-52-50(41)57(49(40)48(45)42-21-13-29-53-51(42)55)47-25-11-24-46(54-47)56-43-22-9-7-18-38(43)39-19-8-10-23-44(39)56/h1-32H. The van der Waals surface area contributed by atoms with E-state index in [4.69, 9.17) is 15.0 Å². The summed E-state index contributed by atoms with van der Waals surface area (Å²) < 4.78 is 6.84. The summed E-state index contributed by atoms with van der Waals surface area (Å²) in [5.41, 5.74) is 11.7. The van der Waals surface area contributed by atoms with Crippen molar-refractivity contribution in [2.24, 2.45) is 0 Å². The zero-order chi connectivity index (χ0) is 37.5. The van der Waals surface area contributed by atoms with Crippen LogP contribution in [0.4, 0.5) is 0 Å². The van der Waals surface area contributed by atoms with Crippen LogP contribution in [-0.4, -0.2) is 28.7 Å². The third-order valence-corrected chi connectivity index (χ3v) is 11.3. The van der Waals surface area contributed by atoms with Gasteiger partial charge in [-0.1, -0.05) is 103 Å². The molecule has 6 nitrogen and oxygen atoms in total. The van der Waals surface area contributed by atoms with Gasteiger partial charge in [0.15, 0.2) is 0 Å². The zero-order valence-corrected chi connectivity index (χ0v) is 30.7. The fourth-order valence-electron chi connectivity index (χ4n) is 8.91. The van der Waals surface area contributed by atoms with Gasteiger partial charge in [-0.3, -0.25) is 13.7 Å². The molecule has 6 heteroatoms. The topological polar surface area (TPSA) is 53.5 Å². The molecule has 6 heterocycles. The number of rotatable bonds is 5. The molecule has 0 radical (unpaired) electrons. The van der Waals surface area contributed by atoms with Crippen LogP contribution in [0.3, 0.4) is 0 Å². The molecule has 6 aromatic heterocycles. The average molecular weight is 729 g/mol. The van der Waals surface area contributed by atoms with Gasteiger partial charge in [0.05, 0.1) is 22.1 Å². The number of pyridine rings is 3. The molecule has 0 spiro atoms. The first kappa shape index (κ1) is 31.5. The van der Waals surface area contributed by atoms with Crippen molar-refractivity contribution in [2.45, 2.75) is 0 Å². The monoisotopic (exact) mass is 728 g/mol. The van der Waals surface area contributed by atoms with Gasteiger partial charge in [-0.15, -0.1) is 0 Å². The molecule has 0 saturated carbocycles. The summed E-state index contributed by atoms with van der Waals surface area (Å²) in [6.45, 7) is 0. The normalized spacial score (nSPS) is 11.9. The first-order chi connectivity index (χ1) is 28.3. The number of hydrogen-bond donors (Lipinski definition) is 0. The third kappa shape index (κ3) is 4.74. The summed E-state index contributed by atoms with van der Waals surface area (Å²) in [6, 6.07) is 64.4. The van der Waals surface area contributed by atoms with Crippen molar-refractivity contribution in [3.8, 4) is 39.6 Å². The van der Waals surface area contributed by atoms with Crippen molar-refractivity contribution in [3.63, 3.8) is 0 Å². The lowest BCUT2D eigenvalue weighted by atomic mass is 9.98. The molecule has 0 atom stereocenters. The molecular formula is C51H32N6. The summed E-state index contributed by atoms with van der Waals surface area (Å²) in [5.74, 6) is 1.64. The zero-order valence-electron chi connectivity index (χ0n) is 30.7. The van der Waals surface area contributed by atoms with E-state index in [0.29, 0.717) is 0 Å². The Balaban J connectivity index is 1.17. The molecule has 0 aliphatic carbocycles. The number of fused-ring (bicyclic) bond motifs is 10. The molecular weight excluding hydrogens is 697 g/mol. The minimum absolute atomic E-state index is 0.794. The smallest absolute Gasteiger partial charge is 0.146 e. The predicted octanol–water partition coefficient (Wildman–Crippen LogP) is 12.5. The quantitative estimate of drug-likeness (QED) is 0.177. The van der Waals surface area contributed by atoms with Gasteiger partial charge >= 0.3 is 0 Å². The second-order valence-electron chi connectivity index (χ2n) is 14.5. The lowest BCUT2D eigenvalue weighted by Gasteiger charge is -2.14. The van der Waals surface area contributed by atoms with E-state index in [1.165, 1.54) is 10.8 Å². The molecule has 0 aliphatic rings. The molecule has 266 valence electrons. The van der Waals surface area contributed by atoms with Crippen LogP contribution in [0.25, 0.3) is 105 Å². The fraction of sp³-hybridized carbons (Fsp3) is 0. The first-order valence-corrected chi connectivity index (χ1v) is 19.2. The molecule has 0 aliphatic heterocycles. The summed E-state index contributed by atoms with van der Waals surface area (Å²) >= 11 is 0. The van der Waals surface area contributed by atoms with Gasteiger partial charge in [-0.05, 0) is 101 Å². The Hall–Kier alpha value is -7.83. The van der Waals surface area contributed by atoms with Gasteiger partial charge in [0.25, 0.3) is 0 Å². The molecule has 0 unspecified atom stereocenters. The first-order valence-electron chi connectivity index (χ1n) is 19.2. The molecule has 0 amide bonds. The lowest BCUT2D eigenvalue weighted by Crippen LogP contribution is -2.03. The van der Waals surface area contributed by atoms with E-state index >= 15 is 0 Å². The second-order valence-corrected chi connectivity index (χ2v) is 14.5. The van der Waals surface area contributed by atoms with Crippen LogP contribution in [0.15, 0.2) is 194 Å². The van der Waals surface area contributed by atoms with E-state index in [2.05, 4.69) is 184 Å².